The summed E-state index contributed by atoms with van der Waals surface area (Å²) in [5.74, 6) is 0.0722. The van der Waals surface area contributed by atoms with Crippen molar-refractivity contribution in [1.29, 1.82) is 0 Å². The highest BCUT2D eigenvalue weighted by atomic mass is 19.2. The Kier molecular flexibility index (Phi) is 5.31. The maximum atomic E-state index is 13.4. The van der Waals surface area contributed by atoms with Gasteiger partial charge in [-0.15, -0.1) is 6.42 Å². The molecule has 0 aromatic heterocycles. The predicted molar refractivity (Wildman–Crippen MR) is 80.1 cm³/mol. The molecule has 0 heterocycles. The van der Waals surface area contributed by atoms with Crippen molar-refractivity contribution in [3.8, 4) is 12.3 Å². The lowest BCUT2D eigenvalue weighted by molar-refractivity contribution is 0.0930. The van der Waals surface area contributed by atoms with Crippen LogP contribution in [0.15, 0.2) is 12.1 Å². The average Bonchev–Trinajstić information content (AvgIpc) is 2.39. The third-order valence-electron chi connectivity index (χ3n) is 2.79. The van der Waals surface area contributed by atoms with E-state index in [0.717, 1.165) is 12.1 Å². The van der Waals surface area contributed by atoms with Gasteiger partial charge in [0.1, 0.15) is 0 Å². The van der Waals surface area contributed by atoms with E-state index in [-0.39, 0.29) is 17.2 Å². The Bertz CT molecular complexity index is 574. The van der Waals surface area contributed by atoms with Crippen molar-refractivity contribution in [2.24, 2.45) is 5.92 Å². The molecule has 0 spiro atoms. The average molecular weight is 294 g/mol. The summed E-state index contributed by atoms with van der Waals surface area (Å²) in [5, 5.41) is 5.54. The van der Waals surface area contributed by atoms with Gasteiger partial charge >= 0.3 is 0 Å². The normalized spacial score (nSPS) is 11.1. The highest BCUT2D eigenvalue weighted by Crippen LogP contribution is 2.21. The standard InChI is InChI=1S/C16H20F2N2O/c1-6-16(4,5)20-15(21)11-7-12(17)13(18)8-14(11)19-9-10(2)3/h1,7-8,10,19H,9H2,2-5H3,(H,20,21). The molecular weight excluding hydrogens is 274 g/mol. The van der Waals surface area contributed by atoms with E-state index >= 15 is 0 Å². The maximum absolute atomic E-state index is 13.4. The molecule has 0 aliphatic rings. The molecule has 1 rings (SSSR count). The fraction of sp³-hybridized carbons (Fsp3) is 0.438. The molecule has 0 saturated carbocycles. The highest BCUT2D eigenvalue weighted by molar-refractivity contribution is 6.00. The lowest BCUT2D eigenvalue weighted by Crippen LogP contribution is -2.42. The second-order valence-corrected chi connectivity index (χ2v) is 5.81. The first-order valence-corrected chi connectivity index (χ1v) is 6.69. The summed E-state index contributed by atoms with van der Waals surface area (Å²) in [6.07, 6.45) is 5.31. The highest BCUT2D eigenvalue weighted by Gasteiger charge is 2.22. The van der Waals surface area contributed by atoms with Gasteiger partial charge in [-0.2, -0.15) is 0 Å². The number of amides is 1. The molecule has 0 atom stereocenters. The zero-order valence-electron chi connectivity index (χ0n) is 12.7. The topological polar surface area (TPSA) is 41.1 Å². The molecule has 1 aromatic carbocycles. The Balaban J connectivity index is 3.12. The van der Waals surface area contributed by atoms with Gasteiger partial charge in [0.25, 0.3) is 5.91 Å². The monoisotopic (exact) mass is 294 g/mol. The summed E-state index contributed by atoms with van der Waals surface area (Å²) in [7, 11) is 0. The van der Waals surface area contributed by atoms with E-state index in [0.29, 0.717) is 6.54 Å². The van der Waals surface area contributed by atoms with Crippen LogP contribution in [0.5, 0.6) is 0 Å². The summed E-state index contributed by atoms with van der Waals surface area (Å²) in [4.78, 5) is 12.2. The van der Waals surface area contributed by atoms with Crippen molar-refractivity contribution >= 4 is 11.6 Å². The molecule has 0 radical (unpaired) electrons. The minimum Gasteiger partial charge on any atom is -0.384 e. The Labute approximate surface area is 124 Å². The van der Waals surface area contributed by atoms with Gasteiger partial charge in [0.05, 0.1) is 16.8 Å². The van der Waals surface area contributed by atoms with Crippen LogP contribution >= 0.6 is 0 Å². The van der Waals surface area contributed by atoms with Crippen LogP contribution in [0.4, 0.5) is 14.5 Å². The fourth-order valence-corrected chi connectivity index (χ4v) is 1.58. The van der Waals surface area contributed by atoms with E-state index < -0.39 is 23.1 Å². The van der Waals surface area contributed by atoms with Crippen LogP contribution in [-0.4, -0.2) is 18.0 Å². The van der Waals surface area contributed by atoms with E-state index in [1.807, 2.05) is 13.8 Å². The number of anilines is 1. The van der Waals surface area contributed by atoms with Gasteiger partial charge in [-0.05, 0) is 25.8 Å². The Morgan fingerprint density at radius 3 is 2.43 bits per heavy atom. The van der Waals surface area contributed by atoms with Gasteiger partial charge in [-0.3, -0.25) is 4.79 Å². The summed E-state index contributed by atoms with van der Waals surface area (Å²) >= 11 is 0. The second kappa shape index (κ2) is 6.57. The molecule has 0 aliphatic heterocycles. The van der Waals surface area contributed by atoms with Crippen LogP contribution in [-0.2, 0) is 0 Å². The van der Waals surface area contributed by atoms with Crippen molar-refractivity contribution in [1.82, 2.24) is 5.32 Å². The number of halogens is 2. The summed E-state index contributed by atoms with van der Waals surface area (Å²) in [5.41, 5.74) is -0.608. The number of carbonyl (C=O) groups excluding carboxylic acids is 1. The number of rotatable bonds is 5. The molecule has 0 fully saturated rings. The van der Waals surface area contributed by atoms with E-state index in [2.05, 4.69) is 16.6 Å². The molecule has 0 bridgehead atoms. The van der Waals surface area contributed by atoms with Crippen molar-refractivity contribution in [2.45, 2.75) is 33.2 Å². The number of carbonyl (C=O) groups is 1. The van der Waals surface area contributed by atoms with Gasteiger partial charge < -0.3 is 10.6 Å². The van der Waals surface area contributed by atoms with Gasteiger partial charge in [-0.25, -0.2) is 8.78 Å². The molecule has 0 aliphatic carbocycles. The molecule has 5 heteroatoms. The molecule has 21 heavy (non-hydrogen) atoms. The maximum Gasteiger partial charge on any atom is 0.254 e. The SMILES string of the molecule is C#CC(C)(C)NC(=O)c1cc(F)c(F)cc1NCC(C)C. The smallest absolute Gasteiger partial charge is 0.254 e. The largest absolute Gasteiger partial charge is 0.384 e. The summed E-state index contributed by atoms with van der Waals surface area (Å²) in [6, 6.07) is 1.86. The lowest BCUT2D eigenvalue weighted by atomic mass is 10.0. The van der Waals surface area contributed by atoms with Crippen molar-refractivity contribution < 1.29 is 13.6 Å². The lowest BCUT2D eigenvalue weighted by Gasteiger charge is -2.21. The summed E-state index contributed by atoms with van der Waals surface area (Å²) < 4.78 is 26.8. The number of hydrogen-bond donors (Lipinski definition) is 2. The Morgan fingerprint density at radius 1 is 1.33 bits per heavy atom. The Hall–Kier alpha value is -2.09. The van der Waals surface area contributed by atoms with Crippen LogP contribution < -0.4 is 10.6 Å². The van der Waals surface area contributed by atoms with Crippen molar-refractivity contribution in [2.75, 3.05) is 11.9 Å². The van der Waals surface area contributed by atoms with E-state index in [4.69, 9.17) is 6.42 Å². The second-order valence-electron chi connectivity index (χ2n) is 5.81. The first kappa shape index (κ1) is 17.0. The van der Waals surface area contributed by atoms with Crippen LogP contribution in [0, 0.1) is 29.9 Å². The minimum atomic E-state index is -1.08. The molecule has 1 aromatic rings. The van der Waals surface area contributed by atoms with E-state index in [1.54, 1.807) is 13.8 Å². The van der Waals surface area contributed by atoms with E-state index in [9.17, 15) is 13.6 Å². The zero-order chi connectivity index (χ0) is 16.2. The van der Waals surface area contributed by atoms with Crippen LogP contribution in [0.1, 0.15) is 38.1 Å². The first-order valence-electron chi connectivity index (χ1n) is 6.69. The third-order valence-corrected chi connectivity index (χ3v) is 2.79. The van der Waals surface area contributed by atoms with Crippen LogP contribution in [0.3, 0.4) is 0 Å². The first-order chi connectivity index (χ1) is 9.66. The molecule has 3 nitrogen and oxygen atoms in total. The Morgan fingerprint density at radius 2 is 1.90 bits per heavy atom. The van der Waals surface area contributed by atoms with Gasteiger partial charge in [0, 0.05) is 12.6 Å². The molecule has 0 unspecified atom stereocenters. The number of nitrogens with one attached hydrogen (secondary N) is 2. The molecular formula is C16H20F2N2O. The quantitative estimate of drug-likeness (QED) is 0.819. The summed E-state index contributed by atoms with van der Waals surface area (Å²) in [6.45, 7) is 7.75. The predicted octanol–water partition coefficient (Wildman–Crippen LogP) is 3.17. The van der Waals surface area contributed by atoms with E-state index in [1.165, 1.54) is 0 Å². The molecule has 2 N–H and O–H groups in total. The number of terminal acetylenes is 1. The van der Waals surface area contributed by atoms with Gasteiger partial charge in [-0.1, -0.05) is 19.8 Å². The van der Waals surface area contributed by atoms with Crippen LogP contribution in [0.2, 0.25) is 0 Å². The molecule has 0 saturated heterocycles. The van der Waals surface area contributed by atoms with Crippen molar-refractivity contribution in [3.63, 3.8) is 0 Å². The van der Waals surface area contributed by atoms with Gasteiger partial charge in [0.2, 0.25) is 0 Å². The minimum absolute atomic E-state index is 0.0258. The van der Waals surface area contributed by atoms with Crippen LogP contribution in [0.25, 0.3) is 0 Å². The fourth-order valence-electron chi connectivity index (χ4n) is 1.58. The molecule has 1 amide bonds. The zero-order valence-corrected chi connectivity index (χ0v) is 12.7. The number of hydrogen-bond acceptors (Lipinski definition) is 2. The van der Waals surface area contributed by atoms with Crippen molar-refractivity contribution in [3.05, 3.63) is 29.3 Å². The third kappa shape index (κ3) is 4.75. The number of benzene rings is 1. The molecule has 114 valence electrons. The van der Waals surface area contributed by atoms with Gasteiger partial charge in [0.15, 0.2) is 11.6 Å².